The Labute approximate surface area is 149 Å². The molecule has 0 spiro atoms. The van der Waals surface area contributed by atoms with Crippen LogP contribution in [0, 0.1) is 0 Å². The Morgan fingerprint density at radius 3 is 2.84 bits per heavy atom. The van der Waals surface area contributed by atoms with E-state index in [1.165, 1.54) is 0 Å². The van der Waals surface area contributed by atoms with Crippen LogP contribution in [0.15, 0.2) is 58.5 Å². The predicted octanol–water partition coefficient (Wildman–Crippen LogP) is 4.00. The van der Waals surface area contributed by atoms with Gasteiger partial charge in [0.15, 0.2) is 6.73 Å². The van der Waals surface area contributed by atoms with Crippen LogP contribution in [0.3, 0.4) is 0 Å². The van der Waals surface area contributed by atoms with Crippen molar-refractivity contribution in [3.63, 3.8) is 0 Å². The molecule has 134 valence electrons. The molecule has 0 aliphatic carbocycles. The summed E-state index contributed by atoms with van der Waals surface area (Å²) >= 11 is 0. The predicted molar refractivity (Wildman–Crippen MR) is 103 cm³/mol. The third-order valence-electron chi connectivity index (χ3n) is 3.76. The topological polar surface area (TPSA) is 58.5 Å². The summed E-state index contributed by atoms with van der Waals surface area (Å²) in [4.78, 5) is 4.61. The lowest BCUT2D eigenvalue weighted by atomic mass is 10.1. The van der Waals surface area contributed by atoms with Crippen molar-refractivity contribution in [2.75, 3.05) is 25.7 Å². The third-order valence-corrected chi connectivity index (χ3v) is 3.76. The zero-order valence-corrected chi connectivity index (χ0v) is 14.9. The fourth-order valence-electron chi connectivity index (χ4n) is 2.43. The van der Waals surface area contributed by atoms with Crippen molar-refractivity contribution in [1.82, 2.24) is 5.01 Å². The fourth-order valence-corrected chi connectivity index (χ4v) is 2.43. The third kappa shape index (κ3) is 6.33. The van der Waals surface area contributed by atoms with Crippen LogP contribution in [0.2, 0.25) is 0 Å². The van der Waals surface area contributed by atoms with Gasteiger partial charge in [-0.3, -0.25) is 5.01 Å². The first kappa shape index (κ1) is 18.6. The number of hydrazone groups is 1. The smallest absolute Gasteiger partial charge is 0.158 e. The van der Waals surface area contributed by atoms with E-state index < -0.39 is 0 Å². The molecule has 1 aromatic rings. The molecule has 0 unspecified atom stereocenters. The van der Waals surface area contributed by atoms with E-state index in [-0.39, 0.29) is 0 Å². The van der Waals surface area contributed by atoms with Gasteiger partial charge < -0.3 is 14.8 Å². The van der Waals surface area contributed by atoms with Crippen LogP contribution >= 0.6 is 0 Å². The first-order valence-corrected chi connectivity index (χ1v) is 8.37. The second-order valence-corrected chi connectivity index (χ2v) is 5.60. The molecule has 0 radical (unpaired) electrons. The molecule has 1 saturated heterocycles. The van der Waals surface area contributed by atoms with Gasteiger partial charge in [-0.05, 0) is 56.2 Å². The largest absolute Gasteiger partial charge is 0.497 e. The fraction of sp³-hybridized carbons (Fsp3) is 0.368. The average Bonchev–Trinajstić information content (AvgIpc) is 2.65. The molecule has 0 saturated carbocycles. The van der Waals surface area contributed by atoms with Crippen LogP contribution in [-0.2, 0) is 4.74 Å². The van der Waals surface area contributed by atoms with Gasteiger partial charge in [-0.25, -0.2) is 4.99 Å². The molecule has 1 aliphatic heterocycles. The van der Waals surface area contributed by atoms with Gasteiger partial charge in [0, 0.05) is 31.1 Å². The summed E-state index contributed by atoms with van der Waals surface area (Å²) in [6.07, 6.45) is 8.62. The highest BCUT2D eigenvalue weighted by atomic mass is 16.5. The van der Waals surface area contributed by atoms with Gasteiger partial charge in [0.1, 0.15) is 11.6 Å². The standard InChI is InChI=1S/C19H26N4O2/c1-16(22-19-8-4-5-13-23(19)20-2)7-6-14-25-15-21-17-9-11-18(24-3)12-10-17/h6-7,9-12,14,21H,2,4-5,8,13,15H2,1,3H3/b14-6+,16-7+,22-19?. The van der Waals surface area contributed by atoms with Crippen molar-refractivity contribution in [3.8, 4) is 5.75 Å². The van der Waals surface area contributed by atoms with Crippen molar-refractivity contribution in [1.29, 1.82) is 0 Å². The van der Waals surface area contributed by atoms with Gasteiger partial charge in [0.05, 0.1) is 13.4 Å². The molecule has 1 aromatic carbocycles. The zero-order valence-electron chi connectivity index (χ0n) is 14.9. The number of benzene rings is 1. The van der Waals surface area contributed by atoms with Crippen molar-refractivity contribution in [2.24, 2.45) is 10.1 Å². The van der Waals surface area contributed by atoms with E-state index in [2.05, 4.69) is 22.1 Å². The number of ether oxygens (including phenoxy) is 2. The molecule has 1 aliphatic rings. The Hall–Kier alpha value is -2.76. The maximum Gasteiger partial charge on any atom is 0.158 e. The Kier molecular flexibility index (Phi) is 7.56. The summed E-state index contributed by atoms with van der Waals surface area (Å²) in [6, 6.07) is 7.68. The average molecular weight is 342 g/mol. The first-order valence-electron chi connectivity index (χ1n) is 8.37. The molecular weight excluding hydrogens is 316 g/mol. The Balaban J connectivity index is 1.75. The van der Waals surface area contributed by atoms with E-state index >= 15 is 0 Å². The van der Waals surface area contributed by atoms with Gasteiger partial charge in [0.25, 0.3) is 0 Å². The minimum atomic E-state index is 0.387. The van der Waals surface area contributed by atoms with E-state index in [9.17, 15) is 0 Å². The first-order chi connectivity index (χ1) is 12.2. The maximum absolute atomic E-state index is 5.42. The highest BCUT2D eigenvalue weighted by Gasteiger charge is 2.14. The number of piperidine rings is 1. The number of anilines is 1. The number of methoxy groups -OCH3 is 1. The quantitative estimate of drug-likeness (QED) is 0.255. The normalized spacial score (nSPS) is 17.0. The summed E-state index contributed by atoms with van der Waals surface area (Å²) in [5.74, 6) is 1.81. The summed E-state index contributed by atoms with van der Waals surface area (Å²) in [6.45, 7) is 6.84. The minimum absolute atomic E-state index is 0.387. The van der Waals surface area contributed by atoms with Crippen molar-refractivity contribution < 1.29 is 9.47 Å². The van der Waals surface area contributed by atoms with Crippen LogP contribution in [0.4, 0.5) is 5.69 Å². The van der Waals surface area contributed by atoms with Gasteiger partial charge >= 0.3 is 0 Å². The Morgan fingerprint density at radius 2 is 2.12 bits per heavy atom. The van der Waals surface area contributed by atoms with Gasteiger partial charge in [0.2, 0.25) is 0 Å². The molecule has 0 amide bonds. The molecule has 1 heterocycles. The number of allylic oxidation sites excluding steroid dienone is 3. The summed E-state index contributed by atoms with van der Waals surface area (Å²) in [5, 5.41) is 9.04. The lowest BCUT2D eigenvalue weighted by Crippen LogP contribution is -2.30. The minimum Gasteiger partial charge on any atom is -0.497 e. The van der Waals surface area contributed by atoms with Gasteiger partial charge in [-0.1, -0.05) is 0 Å². The van der Waals surface area contributed by atoms with Crippen molar-refractivity contribution >= 4 is 18.2 Å². The lowest BCUT2D eigenvalue weighted by Gasteiger charge is -2.24. The number of nitrogens with one attached hydrogen (secondary N) is 1. The number of hydrogen-bond acceptors (Lipinski definition) is 5. The van der Waals surface area contributed by atoms with Crippen LogP contribution in [0.5, 0.6) is 5.75 Å². The molecule has 25 heavy (non-hydrogen) atoms. The van der Waals surface area contributed by atoms with Crippen LogP contribution in [0.25, 0.3) is 0 Å². The molecule has 2 rings (SSSR count). The van der Waals surface area contributed by atoms with Crippen LogP contribution < -0.4 is 10.1 Å². The summed E-state index contributed by atoms with van der Waals surface area (Å²) < 4.78 is 10.5. The Morgan fingerprint density at radius 1 is 1.32 bits per heavy atom. The molecule has 1 N–H and O–H groups in total. The van der Waals surface area contributed by atoms with E-state index in [0.29, 0.717) is 6.73 Å². The highest BCUT2D eigenvalue weighted by molar-refractivity contribution is 5.83. The molecule has 6 nitrogen and oxygen atoms in total. The van der Waals surface area contributed by atoms with Crippen molar-refractivity contribution in [3.05, 3.63) is 48.4 Å². The zero-order chi connectivity index (χ0) is 17.9. The van der Waals surface area contributed by atoms with Gasteiger partial charge in [-0.15, -0.1) is 0 Å². The lowest BCUT2D eigenvalue weighted by molar-refractivity contribution is 0.275. The second kappa shape index (κ2) is 10.2. The molecule has 0 atom stereocenters. The Bertz CT molecular complexity index is 635. The van der Waals surface area contributed by atoms with E-state index in [4.69, 9.17) is 9.47 Å². The van der Waals surface area contributed by atoms with Gasteiger partial charge in [-0.2, -0.15) is 5.10 Å². The second-order valence-electron chi connectivity index (χ2n) is 5.60. The molecule has 6 heteroatoms. The highest BCUT2D eigenvalue weighted by Crippen LogP contribution is 2.15. The number of amidine groups is 1. The van der Waals surface area contributed by atoms with Crippen LogP contribution in [-0.4, -0.2) is 37.9 Å². The summed E-state index contributed by atoms with van der Waals surface area (Å²) in [7, 11) is 1.65. The number of rotatable bonds is 8. The molecule has 0 aromatic heterocycles. The molecule has 0 bridgehead atoms. The van der Waals surface area contributed by atoms with E-state index in [0.717, 1.165) is 48.8 Å². The van der Waals surface area contributed by atoms with E-state index in [1.54, 1.807) is 13.4 Å². The maximum atomic E-state index is 5.42. The van der Waals surface area contributed by atoms with Crippen LogP contribution in [0.1, 0.15) is 26.2 Å². The monoisotopic (exact) mass is 342 g/mol. The van der Waals surface area contributed by atoms with E-state index in [1.807, 2.05) is 48.4 Å². The number of nitrogens with zero attached hydrogens (tertiary/aromatic N) is 3. The number of hydrogen-bond donors (Lipinski definition) is 1. The van der Waals surface area contributed by atoms with Crippen molar-refractivity contribution in [2.45, 2.75) is 26.2 Å². The summed E-state index contributed by atoms with van der Waals surface area (Å²) in [5.41, 5.74) is 1.88. The SMILES string of the molecule is C=NN1CCCCC1=N/C(C)=C/C=C/OCNc1ccc(OC)cc1. The number of aliphatic imine (C=N–C) groups is 1. The molecular formula is C19H26N4O2. The molecule has 1 fully saturated rings.